The molecular formula is C57H37N3. The first-order chi connectivity index (χ1) is 29.8. The summed E-state index contributed by atoms with van der Waals surface area (Å²) in [5.41, 5.74) is 17.2. The van der Waals surface area contributed by atoms with Crippen LogP contribution in [0.25, 0.3) is 93.6 Å². The Morgan fingerprint density at radius 1 is 0.333 bits per heavy atom. The summed E-state index contributed by atoms with van der Waals surface area (Å²) in [6.07, 6.45) is 0. The number of fused-ring (bicyclic) bond motifs is 7. The number of hydrogen-bond acceptors (Lipinski definition) is 2. The van der Waals surface area contributed by atoms with Crippen molar-refractivity contribution in [3.63, 3.8) is 0 Å². The fraction of sp³-hybridized carbons (Fsp3) is 0. The molecule has 0 atom stereocenters. The molecule has 0 unspecified atom stereocenters. The quantitative estimate of drug-likeness (QED) is 0.161. The summed E-state index contributed by atoms with van der Waals surface area (Å²) in [7, 11) is 0. The largest absolute Gasteiger partial charge is 0.311 e. The van der Waals surface area contributed by atoms with Crippen LogP contribution in [0.4, 0.5) is 17.1 Å². The lowest BCUT2D eigenvalue weighted by molar-refractivity contribution is 1.28. The Hall–Kier alpha value is -8.01. The molecule has 9 aromatic carbocycles. The first-order valence-electron chi connectivity index (χ1n) is 20.5. The fourth-order valence-corrected chi connectivity index (χ4v) is 9.31. The van der Waals surface area contributed by atoms with E-state index in [2.05, 4.69) is 234 Å². The Morgan fingerprint density at radius 2 is 0.817 bits per heavy atom. The van der Waals surface area contributed by atoms with Crippen LogP contribution in [0.1, 0.15) is 0 Å². The van der Waals surface area contributed by atoms with Crippen LogP contribution in [0.3, 0.4) is 0 Å². The van der Waals surface area contributed by atoms with Crippen LogP contribution in [0.15, 0.2) is 224 Å². The maximum atomic E-state index is 5.50. The van der Waals surface area contributed by atoms with E-state index < -0.39 is 0 Å². The van der Waals surface area contributed by atoms with E-state index in [0.29, 0.717) is 0 Å². The van der Waals surface area contributed by atoms with Gasteiger partial charge in [-0.3, -0.25) is 4.40 Å². The molecule has 0 radical (unpaired) electrons. The minimum absolute atomic E-state index is 0.982. The number of rotatable bonds is 7. The average Bonchev–Trinajstić information content (AvgIpc) is 3.83. The normalized spacial score (nSPS) is 11.7. The first kappa shape index (κ1) is 34.1. The van der Waals surface area contributed by atoms with Gasteiger partial charge < -0.3 is 4.90 Å². The van der Waals surface area contributed by atoms with E-state index in [9.17, 15) is 0 Å². The fourth-order valence-electron chi connectivity index (χ4n) is 9.31. The van der Waals surface area contributed by atoms with Crippen molar-refractivity contribution in [2.75, 3.05) is 4.90 Å². The lowest BCUT2D eigenvalue weighted by Crippen LogP contribution is -2.09. The summed E-state index contributed by atoms with van der Waals surface area (Å²) in [6.45, 7) is 0. The van der Waals surface area contributed by atoms with Gasteiger partial charge in [-0.05, 0) is 99.6 Å². The third-order valence-corrected chi connectivity index (χ3v) is 12.1. The predicted molar refractivity (Wildman–Crippen MR) is 253 cm³/mol. The van der Waals surface area contributed by atoms with Crippen molar-refractivity contribution in [2.45, 2.75) is 0 Å². The molecule has 0 N–H and O–H groups in total. The van der Waals surface area contributed by atoms with Crippen LogP contribution in [0.2, 0.25) is 0 Å². The second-order valence-corrected chi connectivity index (χ2v) is 15.6. The topological polar surface area (TPSA) is 20.5 Å². The second-order valence-electron chi connectivity index (χ2n) is 15.6. The predicted octanol–water partition coefficient (Wildman–Crippen LogP) is 15.5. The van der Waals surface area contributed by atoms with Gasteiger partial charge in [0.1, 0.15) is 5.65 Å². The number of para-hydroxylation sites is 3. The van der Waals surface area contributed by atoms with Crippen molar-refractivity contribution in [1.29, 1.82) is 0 Å². The molecule has 3 heteroatoms. The zero-order valence-electron chi connectivity index (χ0n) is 32.7. The number of anilines is 3. The number of pyridine rings is 1. The van der Waals surface area contributed by atoms with Crippen LogP contribution < -0.4 is 4.90 Å². The Morgan fingerprint density at radius 3 is 1.47 bits per heavy atom. The third kappa shape index (κ3) is 5.48. The molecule has 0 spiro atoms. The highest BCUT2D eigenvalue weighted by molar-refractivity contribution is 6.29. The summed E-state index contributed by atoms with van der Waals surface area (Å²) in [6, 6.07) is 80.9. The molecule has 3 nitrogen and oxygen atoms in total. The Labute approximate surface area is 348 Å². The van der Waals surface area contributed by atoms with Crippen molar-refractivity contribution in [1.82, 2.24) is 9.38 Å². The van der Waals surface area contributed by atoms with Gasteiger partial charge in [0.05, 0.1) is 16.6 Å². The van der Waals surface area contributed by atoms with E-state index in [1.807, 2.05) is 0 Å². The molecule has 3 heterocycles. The monoisotopic (exact) mass is 763 g/mol. The van der Waals surface area contributed by atoms with Crippen LogP contribution in [0, 0.1) is 0 Å². The molecule has 0 saturated carbocycles. The lowest BCUT2D eigenvalue weighted by atomic mass is 9.93. The number of aromatic nitrogens is 2. The highest BCUT2D eigenvalue weighted by atomic mass is 15.1. The highest BCUT2D eigenvalue weighted by Crippen LogP contribution is 2.47. The highest BCUT2D eigenvalue weighted by Gasteiger charge is 2.24. The Balaban J connectivity index is 1.04. The Kier molecular flexibility index (Phi) is 7.85. The van der Waals surface area contributed by atoms with Crippen molar-refractivity contribution in [3.05, 3.63) is 224 Å². The summed E-state index contributed by atoms with van der Waals surface area (Å²) in [5, 5.41) is 6.02. The van der Waals surface area contributed by atoms with Crippen LogP contribution in [-0.4, -0.2) is 9.38 Å². The summed E-state index contributed by atoms with van der Waals surface area (Å²) in [4.78, 5) is 7.80. The van der Waals surface area contributed by atoms with Crippen molar-refractivity contribution < 1.29 is 0 Å². The molecule has 0 aliphatic rings. The molecule has 280 valence electrons. The molecule has 0 saturated heterocycles. The van der Waals surface area contributed by atoms with Gasteiger partial charge in [0, 0.05) is 49.6 Å². The molecule has 0 aliphatic carbocycles. The second kappa shape index (κ2) is 13.8. The smallest absolute Gasteiger partial charge is 0.146 e. The third-order valence-electron chi connectivity index (χ3n) is 12.1. The van der Waals surface area contributed by atoms with E-state index in [0.717, 1.165) is 33.6 Å². The van der Waals surface area contributed by atoms with Crippen molar-refractivity contribution >= 4 is 66.2 Å². The standard InChI is InChI=1S/C57H37N3/c1-5-15-38(16-6-1)43-31-34-48-50-35-44(39-17-7-2-8-18-39)36-51-55-54(49-23-13-14-24-52(49)58-57(55)60(56(50)51)53(48)37-43)42-27-25-40(26-28-42)41-29-32-47(33-30-41)59(45-19-9-3-10-20-45)46-21-11-4-12-22-46/h1-37H. The maximum Gasteiger partial charge on any atom is 0.146 e. The number of benzene rings is 9. The van der Waals surface area contributed by atoms with E-state index in [4.69, 9.17) is 4.98 Å². The lowest BCUT2D eigenvalue weighted by Gasteiger charge is -2.25. The summed E-state index contributed by atoms with van der Waals surface area (Å²) >= 11 is 0. The van der Waals surface area contributed by atoms with E-state index in [-0.39, 0.29) is 0 Å². The number of nitrogens with zero attached hydrogens (tertiary/aromatic N) is 3. The Bertz CT molecular complexity index is 3450. The molecule has 12 rings (SSSR count). The molecular weight excluding hydrogens is 727 g/mol. The van der Waals surface area contributed by atoms with Crippen LogP contribution >= 0.6 is 0 Å². The zero-order valence-corrected chi connectivity index (χ0v) is 32.7. The minimum atomic E-state index is 0.982. The van der Waals surface area contributed by atoms with Gasteiger partial charge in [-0.2, -0.15) is 0 Å². The van der Waals surface area contributed by atoms with E-state index >= 15 is 0 Å². The van der Waals surface area contributed by atoms with Gasteiger partial charge >= 0.3 is 0 Å². The zero-order chi connectivity index (χ0) is 39.6. The average molecular weight is 764 g/mol. The molecule has 60 heavy (non-hydrogen) atoms. The first-order valence-corrected chi connectivity index (χ1v) is 20.5. The molecule has 0 aliphatic heterocycles. The number of hydrogen-bond donors (Lipinski definition) is 0. The summed E-state index contributed by atoms with van der Waals surface area (Å²) in [5.74, 6) is 0. The van der Waals surface area contributed by atoms with Crippen molar-refractivity contribution in [2.24, 2.45) is 0 Å². The SMILES string of the molecule is c1ccc(-c2cc3c4ccc(-c5ccccc5)cc4n4c5nc6ccccc6c(-c6ccc(-c7ccc(N(c8ccccc8)c8ccccc8)cc7)cc6)c5c(c2)c34)cc1. The van der Waals surface area contributed by atoms with Gasteiger partial charge in [-0.25, -0.2) is 4.98 Å². The summed E-state index contributed by atoms with van der Waals surface area (Å²) < 4.78 is 2.43. The van der Waals surface area contributed by atoms with Gasteiger partial charge in [-0.15, -0.1) is 0 Å². The van der Waals surface area contributed by atoms with E-state index in [1.165, 1.54) is 77.1 Å². The van der Waals surface area contributed by atoms with Crippen molar-refractivity contribution in [3.8, 4) is 44.5 Å². The van der Waals surface area contributed by atoms with Gasteiger partial charge in [-0.1, -0.05) is 164 Å². The molecule has 3 aromatic heterocycles. The maximum absolute atomic E-state index is 5.50. The van der Waals surface area contributed by atoms with Gasteiger partial charge in [0.2, 0.25) is 0 Å². The molecule has 0 bridgehead atoms. The van der Waals surface area contributed by atoms with E-state index in [1.54, 1.807) is 0 Å². The molecule has 0 fully saturated rings. The van der Waals surface area contributed by atoms with Crippen LogP contribution in [0.5, 0.6) is 0 Å². The van der Waals surface area contributed by atoms with Gasteiger partial charge in [0.15, 0.2) is 0 Å². The van der Waals surface area contributed by atoms with Crippen LogP contribution in [-0.2, 0) is 0 Å². The minimum Gasteiger partial charge on any atom is -0.311 e. The van der Waals surface area contributed by atoms with Gasteiger partial charge in [0.25, 0.3) is 0 Å². The molecule has 0 amide bonds. The molecule has 12 aromatic rings.